The standard InChI is InChI=1S/C56H43BN2OS2/c1-55(2,3)30-15-18-32(19-16-30)58-44-28-48-40(33-20-17-31(56(4,5)6)23-47(33)60-48)24-38(44)36-21-22-37-39-27-51-42(35-12-8-10-14-50(35)61-51)26-45(39)59-46-29-52-41(25-43(46)57-53(36)54(37)59)34-11-7-9-13-49(34)62-52/h7-29,57-58H,1-6H3. The Bertz CT molecular complexity index is 3880. The van der Waals surface area contributed by atoms with Crippen LogP contribution >= 0.6 is 22.7 Å². The maximum Gasteiger partial charge on any atom is 0.198 e. The van der Waals surface area contributed by atoms with Gasteiger partial charge in [0, 0.05) is 85.0 Å². The van der Waals surface area contributed by atoms with Crippen LogP contribution in [0, 0.1) is 0 Å². The van der Waals surface area contributed by atoms with Gasteiger partial charge in [0.15, 0.2) is 7.28 Å². The molecule has 298 valence electrons. The summed E-state index contributed by atoms with van der Waals surface area (Å²) >= 11 is 3.80. The fraction of sp³-hybridized carbons (Fsp3) is 0.143. The summed E-state index contributed by atoms with van der Waals surface area (Å²) in [5.41, 5.74) is 15.5. The van der Waals surface area contributed by atoms with E-state index < -0.39 is 0 Å². The van der Waals surface area contributed by atoms with E-state index >= 15 is 0 Å². The first-order chi connectivity index (χ1) is 29.9. The molecule has 0 spiro atoms. The molecule has 0 fully saturated rings. The molecular formula is C56H43BN2OS2. The summed E-state index contributed by atoms with van der Waals surface area (Å²) in [6, 6.07) is 52.8. The van der Waals surface area contributed by atoms with Crippen molar-refractivity contribution in [1.29, 1.82) is 0 Å². The number of nitrogens with zero attached hydrogens (tertiary/aromatic N) is 1. The molecule has 0 atom stereocenters. The predicted octanol–water partition coefficient (Wildman–Crippen LogP) is 15.1. The van der Waals surface area contributed by atoms with Crippen LogP contribution in [0.1, 0.15) is 52.7 Å². The van der Waals surface area contributed by atoms with E-state index in [0.717, 1.165) is 40.6 Å². The lowest BCUT2D eigenvalue weighted by molar-refractivity contribution is 0.587. The van der Waals surface area contributed by atoms with E-state index in [4.69, 9.17) is 4.42 Å². The Morgan fingerprint density at radius 1 is 0.500 bits per heavy atom. The summed E-state index contributed by atoms with van der Waals surface area (Å²) in [6.07, 6.45) is 0. The fourth-order valence-corrected chi connectivity index (χ4v) is 12.5. The van der Waals surface area contributed by atoms with E-state index in [-0.39, 0.29) is 10.8 Å². The van der Waals surface area contributed by atoms with Crippen LogP contribution in [0.2, 0.25) is 0 Å². The molecule has 0 bridgehead atoms. The summed E-state index contributed by atoms with van der Waals surface area (Å²) in [7, 11) is 0.828. The number of fused-ring (bicyclic) bond motifs is 14. The van der Waals surface area contributed by atoms with Crippen LogP contribution in [0.15, 0.2) is 144 Å². The highest BCUT2D eigenvalue weighted by Gasteiger charge is 2.29. The Morgan fingerprint density at radius 2 is 1.15 bits per heavy atom. The van der Waals surface area contributed by atoms with Gasteiger partial charge in [-0.15, -0.1) is 22.7 Å². The summed E-state index contributed by atoms with van der Waals surface area (Å²) < 4.78 is 14.7. The van der Waals surface area contributed by atoms with Crippen molar-refractivity contribution in [3.8, 4) is 16.8 Å². The van der Waals surface area contributed by atoms with Crippen molar-refractivity contribution in [2.45, 2.75) is 52.4 Å². The second-order valence-corrected chi connectivity index (χ2v) is 21.6. The molecular weight excluding hydrogens is 792 g/mol. The van der Waals surface area contributed by atoms with Crippen LogP contribution in [0.5, 0.6) is 0 Å². The van der Waals surface area contributed by atoms with Gasteiger partial charge in [0.2, 0.25) is 0 Å². The summed E-state index contributed by atoms with van der Waals surface area (Å²) in [6.45, 7) is 13.6. The number of rotatable bonds is 3. The number of hydrogen-bond donors (Lipinski definition) is 1. The van der Waals surface area contributed by atoms with Crippen molar-refractivity contribution in [1.82, 2.24) is 4.57 Å². The number of thiophene rings is 2. The molecule has 1 aliphatic rings. The Kier molecular flexibility index (Phi) is 7.40. The molecule has 0 amide bonds. The molecule has 4 aromatic heterocycles. The highest BCUT2D eigenvalue weighted by atomic mass is 32.1. The number of hydrogen-bond acceptors (Lipinski definition) is 4. The molecule has 0 saturated heterocycles. The molecule has 0 unspecified atom stereocenters. The largest absolute Gasteiger partial charge is 0.456 e. The topological polar surface area (TPSA) is 30.1 Å². The van der Waals surface area contributed by atoms with Gasteiger partial charge in [-0.3, -0.25) is 0 Å². The van der Waals surface area contributed by atoms with Crippen LogP contribution in [0.4, 0.5) is 11.4 Å². The van der Waals surface area contributed by atoms with Crippen LogP contribution < -0.4 is 16.2 Å². The van der Waals surface area contributed by atoms with Crippen LogP contribution in [0.3, 0.4) is 0 Å². The molecule has 0 radical (unpaired) electrons. The van der Waals surface area contributed by atoms with E-state index in [9.17, 15) is 0 Å². The van der Waals surface area contributed by atoms with Crippen molar-refractivity contribution in [3.63, 3.8) is 0 Å². The SMILES string of the molecule is CC(C)(C)c1ccc(Nc2cc3oc4cc(C(C)(C)C)ccc4c3cc2-c2ccc3c4cc5sc6ccccc6c5cc4n4c3c2Bc2cc3c(cc2-4)sc2ccccc23)cc1. The zero-order valence-electron chi connectivity index (χ0n) is 35.7. The van der Waals surface area contributed by atoms with Gasteiger partial charge >= 0.3 is 0 Å². The van der Waals surface area contributed by atoms with E-state index in [0.29, 0.717) is 0 Å². The van der Waals surface area contributed by atoms with Gasteiger partial charge in [0.05, 0.1) is 11.2 Å². The Morgan fingerprint density at radius 3 is 1.87 bits per heavy atom. The minimum absolute atomic E-state index is 0.0141. The number of benzene rings is 8. The number of nitrogens with one attached hydrogen (secondary N) is 1. The Labute approximate surface area is 368 Å². The highest BCUT2D eigenvalue weighted by molar-refractivity contribution is 7.26. The summed E-state index contributed by atoms with van der Waals surface area (Å²) in [5, 5.41) is 14.1. The monoisotopic (exact) mass is 834 g/mol. The summed E-state index contributed by atoms with van der Waals surface area (Å²) in [5.74, 6) is 0. The first-order valence-electron chi connectivity index (χ1n) is 21.7. The van der Waals surface area contributed by atoms with E-state index in [2.05, 4.69) is 191 Å². The average molecular weight is 835 g/mol. The molecule has 3 nitrogen and oxygen atoms in total. The van der Waals surface area contributed by atoms with Crippen molar-refractivity contribution < 1.29 is 4.42 Å². The fourth-order valence-electron chi connectivity index (χ4n) is 10.2. The lowest BCUT2D eigenvalue weighted by Crippen LogP contribution is -2.37. The average Bonchev–Trinajstić information content (AvgIpc) is 4.00. The summed E-state index contributed by atoms with van der Waals surface area (Å²) in [4.78, 5) is 0. The Hall–Kier alpha value is -6.34. The van der Waals surface area contributed by atoms with Crippen molar-refractivity contribution in [2.24, 2.45) is 0 Å². The minimum atomic E-state index is 0.0141. The second kappa shape index (κ2) is 12.6. The van der Waals surface area contributed by atoms with Crippen LogP contribution in [0.25, 0.3) is 101 Å². The first-order valence-corrected chi connectivity index (χ1v) is 23.3. The van der Waals surface area contributed by atoms with Crippen LogP contribution in [-0.2, 0) is 10.8 Å². The molecule has 6 heteroatoms. The number of aromatic nitrogens is 1. The minimum Gasteiger partial charge on any atom is -0.456 e. The lowest BCUT2D eigenvalue weighted by Gasteiger charge is -2.24. The maximum atomic E-state index is 6.75. The first kappa shape index (κ1) is 36.3. The third kappa shape index (κ3) is 5.29. The van der Waals surface area contributed by atoms with Gasteiger partial charge < -0.3 is 14.3 Å². The molecule has 0 saturated carbocycles. The van der Waals surface area contributed by atoms with E-state index in [1.165, 1.54) is 101 Å². The van der Waals surface area contributed by atoms with Crippen LogP contribution in [-0.4, -0.2) is 11.8 Å². The van der Waals surface area contributed by atoms with Gasteiger partial charge in [0.25, 0.3) is 0 Å². The van der Waals surface area contributed by atoms with Gasteiger partial charge in [-0.05, 0) is 93.0 Å². The molecule has 8 aromatic carbocycles. The number of furan rings is 1. The van der Waals surface area contributed by atoms with Crippen molar-refractivity contribution in [2.75, 3.05) is 5.32 Å². The molecule has 13 rings (SSSR count). The van der Waals surface area contributed by atoms with Gasteiger partial charge in [-0.2, -0.15) is 0 Å². The molecule has 5 heterocycles. The third-order valence-corrected chi connectivity index (χ3v) is 15.8. The second-order valence-electron chi connectivity index (χ2n) is 19.4. The van der Waals surface area contributed by atoms with E-state index in [1.807, 2.05) is 22.7 Å². The van der Waals surface area contributed by atoms with Gasteiger partial charge in [-0.1, -0.05) is 126 Å². The smallest absolute Gasteiger partial charge is 0.198 e. The molecule has 62 heavy (non-hydrogen) atoms. The number of anilines is 2. The quantitative estimate of drug-likeness (QED) is 0.180. The zero-order chi connectivity index (χ0) is 41.8. The molecule has 0 aliphatic carbocycles. The molecule has 1 N–H and O–H groups in total. The van der Waals surface area contributed by atoms with Gasteiger partial charge in [-0.25, -0.2) is 0 Å². The lowest BCUT2D eigenvalue weighted by atomic mass is 9.59. The van der Waals surface area contributed by atoms with Crippen molar-refractivity contribution in [3.05, 3.63) is 151 Å². The van der Waals surface area contributed by atoms with E-state index in [1.54, 1.807) is 0 Å². The normalized spacial score (nSPS) is 13.1. The predicted molar refractivity (Wildman–Crippen MR) is 273 cm³/mol. The zero-order valence-corrected chi connectivity index (χ0v) is 37.3. The molecule has 12 aromatic rings. The van der Waals surface area contributed by atoms with Gasteiger partial charge in [0.1, 0.15) is 11.2 Å². The third-order valence-electron chi connectivity index (χ3n) is 13.5. The maximum absolute atomic E-state index is 6.75. The molecule has 1 aliphatic heterocycles. The Balaban J connectivity index is 1.11. The highest BCUT2D eigenvalue weighted by Crippen LogP contribution is 2.45. The van der Waals surface area contributed by atoms with Crippen molar-refractivity contribution >= 4 is 136 Å².